The van der Waals surface area contributed by atoms with Gasteiger partial charge in [-0.3, -0.25) is 0 Å². The maximum absolute atomic E-state index is 9.49. The van der Waals surface area contributed by atoms with E-state index in [-0.39, 0.29) is 0 Å². The van der Waals surface area contributed by atoms with Crippen molar-refractivity contribution in [2.24, 2.45) is 5.92 Å². The minimum absolute atomic E-state index is 0.423. The van der Waals surface area contributed by atoms with Crippen LogP contribution in [0, 0.1) is 5.92 Å². The second kappa shape index (κ2) is 4.05. The van der Waals surface area contributed by atoms with E-state index in [9.17, 15) is 5.11 Å². The highest BCUT2D eigenvalue weighted by molar-refractivity contribution is 7.99. The fourth-order valence-electron chi connectivity index (χ4n) is 1.45. The summed E-state index contributed by atoms with van der Waals surface area (Å²) in [4.78, 5) is 1.02. The Morgan fingerprint density at radius 1 is 1.31 bits per heavy atom. The van der Waals surface area contributed by atoms with E-state index < -0.39 is 0 Å². The molecule has 1 N–H and O–H groups in total. The Morgan fingerprint density at radius 2 is 2.08 bits per heavy atom. The van der Waals surface area contributed by atoms with Crippen molar-refractivity contribution in [2.75, 3.05) is 5.75 Å². The van der Waals surface area contributed by atoms with Gasteiger partial charge in [0.25, 0.3) is 0 Å². The predicted octanol–water partition coefficient (Wildman–Crippen LogP) is 3.28. The van der Waals surface area contributed by atoms with Crippen molar-refractivity contribution in [3.63, 3.8) is 0 Å². The van der Waals surface area contributed by atoms with Gasteiger partial charge in [-0.15, -0.1) is 11.8 Å². The maximum atomic E-state index is 9.49. The molecule has 0 amide bonds. The lowest BCUT2D eigenvalue weighted by molar-refractivity contribution is 0.353. The summed E-state index contributed by atoms with van der Waals surface area (Å²) in [7, 11) is 0. The summed E-state index contributed by atoms with van der Waals surface area (Å²) in [6, 6.07) is 7.58. The van der Waals surface area contributed by atoms with Crippen LogP contribution in [0.4, 0.5) is 0 Å². The van der Waals surface area contributed by atoms with Crippen LogP contribution in [0.2, 0.25) is 0 Å². The predicted molar refractivity (Wildman–Crippen MR) is 56.2 cm³/mol. The average Bonchev–Trinajstić information content (AvgIpc) is 2.05. The molecule has 1 aliphatic rings. The van der Waals surface area contributed by atoms with Crippen LogP contribution in [0.3, 0.4) is 0 Å². The zero-order valence-corrected chi connectivity index (χ0v) is 8.39. The van der Waals surface area contributed by atoms with Crippen LogP contribution in [0.25, 0.3) is 0 Å². The highest BCUT2D eigenvalue weighted by Gasteiger charge is 2.17. The number of para-hydroxylation sites is 1. The Bertz CT molecular complexity index is 281. The Morgan fingerprint density at radius 3 is 2.69 bits per heavy atom. The third-order valence-corrected chi connectivity index (χ3v) is 3.86. The molecule has 0 saturated heterocycles. The first kappa shape index (κ1) is 8.95. The van der Waals surface area contributed by atoms with E-state index in [1.807, 2.05) is 18.2 Å². The number of aromatic hydroxyl groups is 1. The molecule has 1 saturated carbocycles. The van der Waals surface area contributed by atoms with Gasteiger partial charge in [0.05, 0.1) is 0 Å². The first-order valence-electron chi connectivity index (χ1n) is 4.77. The normalized spacial score (nSPS) is 16.9. The molecule has 0 spiro atoms. The second-order valence-electron chi connectivity index (χ2n) is 3.58. The zero-order valence-electron chi connectivity index (χ0n) is 7.57. The van der Waals surface area contributed by atoms with Gasteiger partial charge >= 0.3 is 0 Å². The number of phenolic OH excluding ortho intramolecular Hbond substituents is 1. The van der Waals surface area contributed by atoms with E-state index >= 15 is 0 Å². The summed E-state index contributed by atoms with van der Waals surface area (Å²) in [6.45, 7) is 0. The van der Waals surface area contributed by atoms with Gasteiger partial charge in [-0.25, -0.2) is 0 Å². The van der Waals surface area contributed by atoms with Gasteiger partial charge in [0.2, 0.25) is 0 Å². The average molecular weight is 194 g/mol. The van der Waals surface area contributed by atoms with Gasteiger partial charge in [0.15, 0.2) is 0 Å². The molecule has 1 fully saturated rings. The number of hydrogen-bond acceptors (Lipinski definition) is 2. The zero-order chi connectivity index (χ0) is 9.10. The van der Waals surface area contributed by atoms with Crippen LogP contribution >= 0.6 is 11.8 Å². The summed E-state index contributed by atoms with van der Waals surface area (Å²) in [5.41, 5.74) is 0. The molecule has 0 unspecified atom stereocenters. The van der Waals surface area contributed by atoms with Gasteiger partial charge in [0.1, 0.15) is 5.75 Å². The quantitative estimate of drug-likeness (QED) is 0.745. The van der Waals surface area contributed by atoms with Crippen molar-refractivity contribution >= 4 is 11.8 Å². The maximum Gasteiger partial charge on any atom is 0.129 e. The van der Waals surface area contributed by atoms with Crippen molar-refractivity contribution in [3.05, 3.63) is 24.3 Å². The molecule has 0 bridgehead atoms. The number of phenols is 1. The van der Waals surface area contributed by atoms with Gasteiger partial charge < -0.3 is 5.11 Å². The van der Waals surface area contributed by atoms with Crippen LogP contribution in [0.1, 0.15) is 19.3 Å². The van der Waals surface area contributed by atoms with Crippen molar-refractivity contribution in [3.8, 4) is 5.75 Å². The smallest absolute Gasteiger partial charge is 0.129 e. The Kier molecular flexibility index (Phi) is 2.79. The third kappa shape index (κ3) is 2.19. The summed E-state index contributed by atoms with van der Waals surface area (Å²) in [5, 5.41) is 9.49. The third-order valence-electron chi connectivity index (χ3n) is 2.56. The topological polar surface area (TPSA) is 20.2 Å². The molecule has 70 valence electrons. The summed E-state index contributed by atoms with van der Waals surface area (Å²) in [6.07, 6.45) is 4.15. The van der Waals surface area contributed by atoms with Crippen LogP contribution in [0.15, 0.2) is 29.2 Å². The summed E-state index contributed by atoms with van der Waals surface area (Å²) < 4.78 is 0. The van der Waals surface area contributed by atoms with Crippen molar-refractivity contribution in [2.45, 2.75) is 24.2 Å². The van der Waals surface area contributed by atoms with Gasteiger partial charge in [-0.05, 0) is 30.9 Å². The lowest BCUT2D eigenvalue weighted by Gasteiger charge is -2.24. The molecule has 1 aromatic rings. The van der Waals surface area contributed by atoms with Crippen LogP contribution in [-0.2, 0) is 0 Å². The summed E-state index contributed by atoms with van der Waals surface area (Å²) >= 11 is 1.78. The van der Waals surface area contributed by atoms with Crippen molar-refractivity contribution < 1.29 is 5.11 Å². The highest BCUT2D eigenvalue weighted by Crippen LogP contribution is 2.35. The molecule has 0 radical (unpaired) electrons. The molecular formula is C11H14OS. The first-order valence-corrected chi connectivity index (χ1v) is 5.75. The molecule has 2 rings (SSSR count). The molecule has 0 heterocycles. The van der Waals surface area contributed by atoms with Crippen LogP contribution in [0.5, 0.6) is 5.75 Å². The molecule has 2 heteroatoms. The van der Waals surface area contributed by atoms with Crippen LogP contribution in [-0.4, -0.2) is 10.9 Å². The number of thioether (sulfide) groups is 1. The lowest BCUT2D eigenvalue weighted by atomic mass is 9.87. The van der Waals surface area contributed by atoms with Gasteiger partial charge in [-0.2, -0.15) is 0 Å². The van der Waals surface area contributed by atoms with E-state index in [2.05, 4.69) is 0 Å². The number of hydrogen-bond donors (Lipinski definition) is 1. The fraction of sp³-hybridized carbons (Fsp3) is 0.455. The minimum atomic E-state index is 0.423. The lowest BCUT2D eigenvalue weighted by Crippen LogP contribution is -2.13. The molecule has 1 aromatic carbocycles. The molecular weight excluding hydrogens is 180 g/mol. The molecule has 0 atom stereocenters. The van der Waals surface area contributed by atoms with Gasteiger partial charge in [0, 0.05) is 10.6 Å². The molecule has 1 nitrogen and oxygen atoms in total. The Balaban J connectivity index is 1.89. The SMILES string of the molecule is Oc1ccccc1SCC1CCC1. The van der Waals surface area contributed by atoms with Gasteiger partial charge in [-0.1, -0.05) is 18.6 Å². The van der Waals surface area contributed by atoms with E-state index in [1.54, 1.807) is 17.8 Å². The first-order chi connectivity index (χ1) is 6.36. The Hall–Kier alpha value is -0.630. The van der Waals surface area contributed by atoms with E-state index in [0.29, 0.717) is 5.75 Å². The fourth-order valence-corrected chi connectivity index (χ4v) is 2.59. The van der Waals surface area contributed by atoms with Crippen LogP contribution < -0.4 is 0 Å². The number of benzene rings is 1. The van der Waals surface area contributed by atoms with Crippen molar-refractivity contribution in [1.29, 1.82) is 0 Å². The molecule has 13 heavy (non-hydrogen) atoms. The van der Waals surface area contributed by atoms with E-state index in [4.69, 9.17) is 0 Å². The molecule has 0 aliphatic heterocycles. The van der Waals surface area contributed by atoms with Crippen molar-refractivity contribution in [1.82, 2.24) is 0 Å². The number of rotatable bonds is 3. The largest absolute Gasteiger partial charge is 0.507 e. The molecule has 1 aliphatic carbocycles. The molecule has 0 aromatic heterocycles. The standard InChI is InChI=1S/C11H14OS/c12-10-6-1-2-7-11(10)13-8-9-4-3-5-9/h1-2,6-7,9,12H,3-5,8H2. The van der Waals surface area contributed by atoms with E-state index in [0.717, 1.165) is 16.6 Å². The Labute approximate surface area is 83.2 Å². The van der Waals surface area contributed by atoms with E-state index in [1.165, 1.54) is 19.3 Å². The summed E-state index contributed by atoms with van der Waals surface area (Å²) in [5.74, 6) is 2.48. The second-order valence-corrected chi connectivity index (χ2v) is 4.64. The minimum Gasteiger partial charge on any atom is -0.507 e. The highest BCUT2D eigenvalue weighted by atomic mass is 32.2. The monoisotopic (exact) mass is 194 g/mol.